The van der Waals surface area contributed by atoms with E-state index >= 15 is 0 Å². The molecule has 1 unspecified atom stereocenters. The molecule has 1 aromatic rings. The van der Waals surface area contributed by atoms with Crippen LogP contribution in [0.3, 0.4) is 0 Å². The average molecular weight is 236 g/mol. The molecule has 2 N–H and O–H groups in total. The molecule has 1 atom stereocenters. The van der Waals surface area contributed by atoms with Crippen LogP contribution in [-0.4, -0.2) is 19.3 Å². The fourth-order valence-corrected chi connectivity index (χ4v) is 1.54. The summed E-state index contributed by atoms with van der Waals surface area (Å²) in [5.41, 5.74) is 1.14. The van der Waals surface area contributed by atoms with E-state index in [1.807, 2.05) is 24.3 Å². The maximum Gasteiger partial charge on any atom is 0.317 e. The second kappa shape index (κ2) is 6.13. The van der Waals surface area contributed by atoms with Gasteiger partial charge in [0, 0.05) is 7.05 Å². The molecule has 1 aromatic carbocycles. The monoisotopic (exact) mass is 236 g/mol. The van der Waals surface area contributed by atoms with Gasteiger partial charge in [0.15, 0.2) is 6.23 Å². The van der Waals surface area contributed by atoms with E-state index in [2.05, 4.69) is 24.5 Å². The predicted octanol–water partition coefficient (Wildman–Crippen LogP) is 2.46. The van der Waals surface area contributed by atoms with Crippen LogP contribution in [0, 0.1) is 0 Å². The van der Waals surface area contributed by atoms with Gasteiger partial charge >= 0.3 is 6.03 Å². The minimum Gasteiger partial charge on any atom is -0.471 e. The zero-order valence-corrected chi connectivity index (χ0v) is 10.8. The second-order valence-corrected chi connectivity index (χ2v) is 4.18. The van der Waals surface area contributed by atoms with Crippen molar-refractivity contribution in [2.24, 2.45) is 0 Å². The SMILES string of the molecule is CNC(=O)NC(C)Oc1ccccc1C(C)C. The summed E-state index contributed by atoms with van der Waals surface area (Å²) in [6, 6.07) is 7.61. The van der Waals surface area contributed by atoms with Crippen molar-refractivity contribution in [1.82, 2.24) is 10.6 Å². The number of para-hydroxylation sites is 1. The summed E-state index contributed by atoms with van der Waals surface area (Å²) in [6.45, 7) is 6.02. The number of urea groups is 1. The third-order valence-electron chi connectivity index (χ3n) is 2.41. The van der Waals surface area contributed by atoms with E-state index in [4.69, 9.17) is 4.74 Å². The first-order chi connectivity index (χ1) is 8.04. The first-order valence-corrected chi connectivity index (χ1v) is 5.78. The van der Waals surface area contributed by atoms with E-state index < -0.39 is 0 Å². The minimum atomic E-state index is -0.366. The van der Waals surface area contributed by atoms with Crippen LogP contribution in [0.5, 0.6) is 5.75 Å². The van der Waals surface area contributed by atoms with Crippen molar-refractivity contribution < 1.29 is 9.53 Å². The van der Waals surface area contributed by atoms with Crippen LogP contribution in [0.1, 0.15) is 32.3 Å². The standard InChI is InChI=1S/C13H20N2O2/c1-9(2)11-7-5-6-8-12(11)17-10(3)15-13(16)14-4/h5-10H,1-4H3,(H2,14,15,16). The summed E-state index contributed by atoms with van der Waals surface area (Å²) < 4.78 is 5.71. The smallest absolute Gasteiger partial charge is 0.317 e. The lowest BCUT2D eigenvalue weighted by molar-refractivity contribution is 0.176. The number of hydrogen-bond donors (Lipinski definition) is 2. The lowest BCUT2D eigenvalue weighted by atomic mass is 10.0. The number of hydrogen-bond acceptors (Lipinski definition) is 2. The molecular formula is C13H20N2O2. The van der Waals surface area contributed by atoms with Crippen LogP contribution < -0.4 is 15.4 Å². The quantitative estimate of drug-likeness (QED) is 0.789. The van der Waals surface area contributed by atoms with Crippen molar-refractivity contribution in [3.63, 3.8) is 0 Å². The Morgan fingerprint density at radius 2 is 1.88 bits per heavy atom. The van der Waals surface area contributed by atoms with Crippen molar-refractivity contribution in [2.75, 3.05) is 7.05 Å². The molecule has 0 aliphatic heterocycles. The highest BCUT2D eigenvalue weighted by atomic mass is 16.5. The highest BCUT2D eigenvalue weighted by Crippen LogP contribution is 2.26. The molecule has 0 fully saturated rings. The number of rotatable bonds is 4. The highest BCUT2D eigenvalue weighted by molar-refractivity contribution is 5.73. The molecule has 94 valence electrons. The predicted molar refractivity (Wildman–Crippen MR) is 68.2 cm³/mol. The summed E-state index contributed by atoms with van der Waals surface area (Å²) in [6.07, 6.45) is -0.366. The van der Waals surface area contributed by atoms with Crippen LogP contribution in [0.4, 0.5) is 4.79 Å². The first-order valence-electron chi connectivity index (χ1n) is 5.78. The van der Waals surface area contributed by atoms with Crippen molar-refractivity contribution in [3.05, 3.63) is 29.8 Å². The van der Waals surface area contributed by atoms with Gasteiger partial charge in [-0.3, -0.25) is 0 Å². The lowest BCUT2D eigenvalue weighted by Gasteiger charge is -2.19. The lowest BCUT2D eigenvalue weighted by Crippen LogP contribution is -2.41. The Labute approximate surface area is 102 Å². The van der Waals surface area contributed by atoms with E-state index in [9.17, 15) is 4.79 Å². The van der Waals surface area contributed by atoms with Gasteiger partial charge in [0.25, 0.3) is 0 Å². The summed E-state index contributed by atoms with van der Waals surface area (Å²) in [7, 11) is 1.57. The summed E-state index contributed by atoms with van der Waals surface area (Å²) in [4.78, 5) is 11.1. The van der Waals surface area contributed by atoms with Gasteiger partial charge in [-0.05, 0) is 24.5 Å². The van der Waals surface area contributed by atoms with E-state index in [1.165, 1.54) is 0 Å². The van der Waals surface area contributed by atoms with Gasteiger partial charge < -0.3 is 15.4 Å². The Morgan fingerprint density at radius 1 is 1.24 bits per heavy atom. The largest absolute Gasteiger partial charge is 0.471 e. The van der Waals surface area contributed by atoms with Gasteiger partial charge in [-0.2, -0.15) is 0 Å². The molecule has 0 aromatic heterocycles. The van der Waals surface area contributed by atoms with Crippen LogP contribution >= 0.6 is 0 Å². The van der Waals surface area contributed by atoms with Crippen molar-refractivity contribution >= 4 is 6.03 Å². The molecule has 0 aliphatic carbocycles. The van der Waals surface area contributed by atoms with Gasteiger partial charge in [0.1, 0.15) is 5.75 Å². The summed E-state index contributed by atoms with van der Waals surface area (Å²) >= 11 is 0. The Bertz CT molecular complexity index is 377. The number of carbonyl (C=O) groups is 1. The molecule has 17 heavy (non-hydrogen) atoms. The molecule has 0 heterocycles. The summed E-state index contributed by atoms with van der Waals surface area (Å²) in [5.74, 6) is 1.20. The molecule has 0 bridgehead atoms. The molecule has 2 amide bonds. The third kappa shape index (κ3) is 3.98. The molecule has 0 spiro atoms. The maximum atomic E-state index is 11.1. The molecule has 0 saturated carbocycles. The fourth-order valence-electron chi connectivity index (χ4n) is 1.54. The van der Waals surface area contributed by atoms with Gasteiger partial charge in [-0.25, -0.2) is 4.79 Å². The van der Waals surface area contributed by atoms with Crippen LogP contribution in [0.25, 0.3) is 0 Å². The number of nitrogens with one attached hydrogen (secondary N) is 2. The van der Waals surface area contributed by atoms with E-state index in [0.717, 1.165) is 11.3 Å². The summed E-state index contributed by atoms with van der Waals surface area (Å²) in [5, 5.41) is 5.16. The Balaban J connectivity index is 2.71. The number of amides is 2. The third-order valence-corrected chi connectivity index (χ3v) is 2.41. The van der Waals surface area contributed by atoms with Crippen molar-refractivity contribution in [3.8, 4) is 5.75 Å². The van der Waals surface area contributed by atoms with Gasteiger partial charge in [-0.1, -0.05) is 32.0 Å². The van der Waals surface area contributed by atoms with E-state index in [-0.39, 0.29) is 12.3 Å². The Kier molecular flexibility index (Phi) is 4.82. The molecular weight excluding hydrogens is 216 g/mol. The Hall–Kier alpha value is -1.71. The number of ether oxygens (including phenoxy) is 1. The zero-order chi connectivity index (χ0) is 12.8. The maximum absolute atomic E-state index is 11.1. The minimum absolute atomic E-state index is 0.250. The zero-order valence-electron chi connectivity index (χ0n) is 10.8. The van der Waals surface area contributed by atoms with Crippen molar-refractivity contribution in [1.29, 1.82) is 0 Å². The average Bonchev–Trinajstić information content (AvgIpc) is 2.29. The van der Waals surface area contributed by atoms with Crippen LogP contribution in [-0.2, 0) is 0 Å². The van der Waals surface area contributed by atoms with Gasteiger partial charge in [0.2, 0.25) is 0 Å². The van der Waals surface area contributed by atoms with Gasteiger partial charge in [0.05, 0.1) is 0 Å². The normalized spacial score (nSPS) is 12.1. The van der Waals surface area contributed by atoms with Crippen molar-refractivity contribution in [2.45, 2.75) is 32.9 Å². The molecule has 4 heteroatoms. The molecule has 0 radical (unpaired) electrons. The molecule has 0 aliphatic rings. The fraction of sp³-hybridized carbons (Fsp3) is 0.462. The molecule has 4 nitrogen and oxygen atoms in total. The topological polar surface area (TPSA) is 50.4 Å². The number of carbonyl (C=O) groups excluding carboxylic acids is 1. The number of benzene rings is 1. The highest BCUT2D eigenvalue weighted by Gasteiger charge is 2.11. The second-order valence-electron chi connectivity index (χ2n) is 4.18. The van der Waals surface area contributed by atoms with E-state index in [0.29, 0.717) is 5.92 Å². The molecule has 0 saturated heterocycles. The first kappa shape index (κ1) is 13.4. The van der Waals surface area contributed by atoms with Crippen LogP contribution in [0.2, 0.25) is 0 Å². The van der Waals surface area contributed by atoms with Crippen LogP contribution in [0.15, 0.2) is 24.3 Å². The van der Waals surface area contributed by atoms with E-state index in [1.54, 1.807) is 14.0 Å². The molecule has 1 rings (SSSR count). The Morgan fingerprint density at radius 3 is 2.47 bits per heavy atom. The van der Waals surface area contributed by atoms with Gasteiger partial charge in [-0.15, -0.1) is 0 Å².